The van der Waals surface area contributed by atoms with Crippen LogP contribution in [0.1, 0.15) is 28.0 Å². The fourth-order valence-electron chi connectivity index (χ4n) is 3.85. The summed E-state index contributed by atoms with van der Waals surface area (Å²) >= 11 is 5.79. The number of rotatable bonds is 12. The van der Waals surface area contributed by atoms with Gasteiger partial charge >= 0.3 is 0 Å². The van der Waals surface area contributed by atoms with Gasteiger partial charge in [-0.05, 0) is 20.2 Å². The van der Waals surface area contributed by atoms with Crippen molar-refractivity contribution < 1.29 is 23.1 Å². The van der Waals surface area contributed by atoms with Gasteiger partial charge < -0.3 is 20.2 Å². The predicted octanol–water partition coefficient (Wildman–Crippen LogP) is 3.52. The van der Waals surface area contributed by atoms with E-state index in [9.17, 15) is 23.1 Å². The number of carbonyl (C=O) groups excluding carboxylic acids is 1. The molecule has 2 N–H and O–H groups in total. The average Bonchev–Trinajstić information content (AvgIpc) is 3.39. The molecule has 0 bridgehead atoms. The van der Waals surface area contributed by atoms with Gasteiger partial charge in [-0.3, -0.25) is 14.5 Å². The monoisotopic (exact) mass is 589 g/mol. The number of carbonyl (C=O) groups is 1. The second kappa shape index (κ2) is 13.5. The van der Waals surface area contributed by atoms with Crippen LogP contribution in [0.5, 0.6) is 0 Å². The normalized spacial score (nSPS) is 11.3. The maximum Gasteiger partial charge on any atom is 0.275 e. The third kappa shape index (κ3) is 7.54. The molecule has 41 heavy (non-hydrogen) atoms. The number of amides is 1. The van der Waals surface area contributed by atoms with Gasteiger partial charge in [0, 0.05) is 54.9 Å². The number of aliphatic hydroxyl groups is 1. The van der Waals surface area contributed by atoms with E-state index in [4.69, 9.17) is 11.6 Å². The maximum atomic E-state index is 14.7. The molecule has 0 unspecified atom stereocenters. The first-order valence-corrected chi connectivity index (χ1v) is 12.8. The van der Waals surface area contributed by atoms with Crippen molar-refractivity contribution in [2.24, 2.45) is 0 Å². The minimum Gasteiger partial charge on any atom is -0.395 e. The Balaban J connectivity index is 1.44. The Hall–Kier alpha value is -4.14. The minimum absolute atomic E-state index is 0.0234. The van der Waals surface area contributed by atoms with Gasteiger partial charge in [0.15, 0.2) is 5.82 Å². The Morgan fingerprint density at radius 3 is 2.54 bits per heavy atom. The lowest BCUT2D eigenvalue weighted by molar-refractivity contribution is 0.102. The van der Waals surface area contributed by atoms with Gasteiger partial charge in [0.2, 0.25) is 5.95 Å². The molecule has 0 aliphatic rings. The van der Waals surface area contributed by atoms with Crippen LogP contribution in [0, 0.1) is 5.82 Å². The van der Waals surface area contributed by atoms with Crippen LogP contribution in [0.3, 0.4) is 0 Å². The van der Waals surface area contributed by atoms with Crippen molar-refractivity contribution in [1.29, 1.82) is 0 Å². The van der Waals surface area contributed by atoms with Gasteiger partial charge in [0.1, 0.15) is 5.69 Å². The van der Waals surface area contributed by atoms with Crippen LogP contribution < -0.4 is 10.2 Å². The highest BCUT2D eigenvalue weighted by Crippen LogP contribution is 2.35. The van der Waals surface area contributed by atoms with E-state index < -0.39 is 29.3 Å². The minimum atomic E-state index is -2.99. The van der Waals surface area contributed by atoms with E-state index in [-0.39, 0.29) is 23.0 Å². The summed E-state index contributed by atoms with van der Waals surface area (Å²) in [6.07, 6.45) is 5.52. The Morgan fingerprint density at radius 2 is 1.85 bits per heavy atom. The highest BCUT2D eigenvalue weighted by molar-refractivity contribution is 6.31. The van der Waals surface area contributed by atoms with Gasteiger partial charge in [0.25, 0.3) is 12.3 Å². The van der Waals surface area contributed by atoms with Crippen molar-refractivity contribution in [3.8, 4) is 11.3 Å². The van der Waals surface area contributed by atoms with Crippen molar-refractivity contribution in [2.45, 2.75) is 13.0 Å². The number of alkyl halides is 2. The molecule has 0 aliphatic heterocycles. The molecule has 4 aromatic rings. The fraction of sp³-hybridized carbons (Fsp3) is 0.308. The number of aliphatic hydroxyl groups excluding tert-OH is 1. The molecular formula is C26H27ClF3N9O2. The summed E-state index contributed by atoms with van der Waals surface area (Å²) in [5, 5.41) is 15.8. The van der Waals surface area contributed by atoms with E-state index in [0.717, 1.165) is 36.6 Å². The van der Waals surface area contributed by atoms with Crippen molar-refractivity contribution in [1.82, 2.24) is 34.6 Å². The second-order valence-electron chi connectivity index (χ2n) is 9.20. The summed E-state index contributed by atoms with van der Waals surface area (Å²) in [4.78, 5) is 33.5. The molecule has 0 saturated heterocycles. The van der Waals surface area contributed by atoms with E-state index in [2.05, 4.69) is 30.4 Å². The van der Waals surface area contributed by atoms with Gasteiger partial charge in [-0.15, -0.1) is 0 Å². The van der Waals surface area contributed by atoms with Crippen LogP contribution >= 0.6 is 11.6 Å². The van der Waals surface area contributed by atoms with Crippen molar-refractivity contribution in [2.75, 3.05) is 50.6 Å². The number of aromatic nitrogens is 6. The van der Waals surface area contributed by atoms with Crippen LogP contribution in [0.15, 0.2) is 49.3 Å². The highest BCUT2D eigenvalue weighted by atomic mass is 35.5. The summed E-state index contributed by atoms with van der Waals surface area (Å²) in [7, 11) is 3.92. The first kappa shape index (κ1) is 29.8. The van der Waals surface area contributed by atoms with E-state index in [1.165, 1.54) is 6.20 Å². The number of hydrogen-bond donors (Lipinski definition) is 2. The third-order valence-corrected chi connectivity index (χ3v) is 6.17. The first-order chi connectivity index (χ1) is 19.7. The molecule has 0 saturated carbocycles. The zero-order valence-electron chi connectivity index (χ0n) is 22.2. The summed E-state index contributed by atoms with van der Waals surface area (Å²) in [5.74, 6) is -1.28. The molecule has 0 fully saturated rings. The number of nitrogens with zero attached hydrogens (tertiary/aromatic N) is 8. The number of benzene rings is 1. The Labute approximate surface area is 238 Å². The molecule has 4 rings (SSSR count). The number of halogens is 4. The highest BCUT2D eigenvalue weighted by Gasteiger charge is 2.23. The molecule has 1 aromatic carbocycles. The average molecular weight is 590 g/mol. The van der Waals surface area contributed by atoms with Gasteiger partial charge in [-0.25, -0.2) is 28.1 Å². The summed E-state index contributed by atoms with van der Waals surface area (Å²) < 4.78 is 43.2. The molecule has 3 heterocycles. The van der Waals surface area contributed by atoms with Crippen molar-refractivity contribution in [3.63, 3.8) is 0 Å². The molecule has 0 spiro atoms. The Bertz CT molecular complexity index is 1490. The maximum absolute atomic E-state index is 14.7. The second-order valence-corrected chi connectivity index (χ2v) is 9.61. The molecular weight excluding hydrogens is 563 g/mol. The zero-order valence-corrected chi connectivity index (χ0v) is 22.9. The van der Waals surface area contributed by atoms with E-state index in [1.807, 2.05) is 23.9 Å². The van der Waals surface area contributed by atoms with Gasteiger partial charge in [0.05, 0.1) is 48.1 Å². The van der Waals surface area contributed by atoms with Gasteiger partial charge in [-0.1, -0.05) is 17.7 Å². The molecule has 15 heteroatoms. The van der Waals surface area contributed by atoms with E-state index >= 15 is 0 Å². The quantitative estimate of drug-likeness (QED) is 0.255. The standard InChI is InChI=1S/C26H27ClF3N9O2/c1-37(2)5-6-38(7-8-40)26-32-9-16(10-33-26)14-39-15-17(11-34-39)35-25(41)21-13-31-12-20(36-21)22-18(24(29)30)3-4-19(27)23(22)28/h3-4,9-13,15,24,40H,5-8,14H2,1-2H3,(H,35,41). The lowest BCUT2D eigenvalue weighted by Gasteiger charge is -2.23. The molecule has 0 atom stereocenters. The Morgan fingerprint density at radius 1 is 1.10 bits per heavy atom. The van der Waals surface area contributed by atoms with Crippen LogP contribution in [0.25, 0.3) is 11.3 Å². The number of anilines is 2. The number of nitrogens with one attached hydrogen (secondary N) is 1. The molecule has 216 valence electrons. The smallest absolute Gasteiger partial charge is 0.275 e. The molecule has 3 aromatic heterocycles. The lowest BCUT2D eigenvalue weighted by Crippen LogP contribution is -2.35. The first-order valence-electron chi connectivity index (χ1n) is 12.4. The van der Waals surface area contributed by atoms with E-state index in [1.54, 1.807) is 23.3 Å². The van der Waals surface area contributed by atoms with Crippen LogP contribution in [0.4, 0.5) is 24.8 Å². The van der Waals surface area contributed by atoms with Gasteiger partial charge in [-0.2, -0.15) is 5.10 Å². The largest absolute Gasteiger partial charge is 0.395 e. The molecule has 0 radical (unpaired) electrons. The van der Waals surface area contributed by atoms with Crippen LogP contribution in [0.2, 0.25) is 5.02 Å². The van der Waals surface area contributed by atoms with Crippen LogP contribution in [-0.4, -0.2) is 86.0 Å². The predicted molar refractivity (Wildman–Crippen MR) is 147 cm³/mol. The number of hydrogen-bond acceptors (Lipinski definition) is 9. The molecule has 11 nitrogen and oxygen atoms in total. The number of likely N-dealkylation sites (N-methyl/N-ethyl adjacent to an activating group) is 1. The van der Waals surface area contributed by atoms with Crippen LogP contribution in [-0.2, 0) is 6.54 Å². The fourth-order valence-corrected chi connectivity index (χ4v) is 4.00. The third-order valence-electron chi connectivity index (χ3n) is 5.88. The zero-order chi connectivity index (χ0) is 29.5. The van der Waals surface area contributed by atoms with Crippen molar-refractivity contribution in [3.05, 3.63) is 77.0 Å². The summed E-state index contributed by atoms with van der Waals surface area (Å²) in [6.45, 7) is 2.13. The van der Waals surface area contributed by atoms with Crippen molar-refractivity contribution >= 4 is 29.1 Å². The SMILES string of the molecule is CN(C)CCN(CCO)c1ncc(Cn2cc(NC(=O)c3cncc(-c4c(C(F)F)ccc(Cl)c4F)n3)cn2)cn1. The van der Waals surface area contributed by atoms with E-state index in [0.29, 0.717) is 31.3 Å². The topological polar surface area (TPSA) is 125 Å². The lowest BCUT2D eigenvalue weighted by atomic mass is 10.0. The molecule has 0 aliphatic carbocycles. The summed E-state index contributed by atoms with van der Waals surface area (Å²) in [5.41, 5.74) is -0.533. The Kier molecular flexibility index (Phi) is 9.81. The molecule has 1 amide bonds. The summed E-state index contributed by atoms with van der Waals surface area (Å²) in [6, 6.07) is 2.03.